The minimum atomic E-state index is -2.72. The SMILES string of the molecule is c1ccc([Si](c2ccccc2)(c2ccccc2)c2ccc(N(c3ccc(-c4ccc5ccccc5c4)cc3)c3ccc(-c4cccc5c4-n4c6ccccc6c6cccc(c64)O5)cc3)cc2)cc1. The first-order valence-corrected chi connectivity index (χ1v) is 25.3. The molecule has 2 heterocycles. The van der Waals surface area contributed by atoms with Crippen LogP contribution in [0.15, 0.2) is 267 Å². The third kappa shape index (κ3) is 6.41. The van der Waals surface area contributed by atoms with Crippen LogP contribution < -0.4 is 30.4 Å². The standard InChI is InChI=1S/C64H44N2OSi/c1-4-18-53(19-5-1)68(54-20-6-2-7-21-54,55-22-8-3-9-23-55)56-42-40-52(41-43-56)65(50-36-32-46(33-37-50)49-31-30-45-16-10-11-17-48(45)44-49)51-38-34-47(35-39-51)57-25-14-28-61-63(57)66-60-27-13-12-24-58(60)59-26-15-29-62(67-61)64(59)66/h1-44H. The molecular weight excluding hydrogens is 841 g/mol. The summed E-state index contributed by atoms with van der Waals surface area (Å²) in [5.74, 6) is 1.73. The van der Waals surface area contributed by atoms with E-state index in [1.54, 1.807) is 0 Å². The van der Waals surface area contributed by atoms with E-state index in [0.29, 0.717) is 0 Å². The van der Waals surface area contributed by atoms with Gasteiger partial charge in [-0.1, -0.05) is 206 Å². The molecule has 0 N–H and O–H groups in total. The zero-order chi connectivity index (χ0) is 45.0. The Morgan fingerprint density at radius 3 is 1.47 bits per heavy atom. The highest BCUT2D eigenvalue weighted by molar-refractivity contribution is 7.19. The number of rotatable bonds is 9. The van der Waals surface area contributed by atoms with Crippen molar-refractivity contribution in [1.82, 2.24) is 4.57 Å². The van der Waals surface area contributed by atoms with E-state index in [4.69, 9.17) is 4.74 Å². The summed E-state index contributed by atoms with van der Waals surface area (Å²) >= 11 is 0. The van der Waals surface area contributed by atoms with Gasteiger partial charge in [0.2, 0.25) is 0 Å². The average molecular weight is 885 g/mol. The molecule has 0 spiro atoms. The lowest BCUT2D eigenvalue weighted by molar-refractivity contribution is 0.477. The molecule has 13 rings (SSSR count). The van der Waals surface area contributed by atoms with E-state index in [-0.39, 0.29) is 0 Å². The van der Waals surface area contributed by atoms with Crippen LogP contribution in [0.25, 0.3) is 60.5 Å². The van der Waals surface area contributed by atoms with E-state index in [2.05, 4.69) is 276 Å². The lowest BCUT2D eigenvalue weighted by atomic mass is 10.00. The number of benzene rings is 11. The van der Waals surface area contributed by atoms with Crippen molar-refractivity contribution < 1.29 is 4.74 Å². The molecule has 11 aromatic carbocycles. The maximum Gasteiger partial charge on any atom is 0.179 e. The summed E-state index contributed by atoms with van der Waals surface area (Å²) in [6, 6.07) is 97.6. The second-order valence-corrected chi connectivity index (χ2v) is 21.5. The van der Waals surface area contributed by atoms with Crippen LogP contribution in [0.4, 0.5) is 17.1 Å². The highest BCUT2D eigenvalue weighted by Crippen LogP contribution is 2.48. The molecule has 1 aliphatic rings. The number of anilines is 3. The monoisotopic (exact) mass is 884 g/mol. The Bertz CT molecular complexity index is 3700. The first kappa shape index (κ1) is 39.6. The maximum atomic E-state index is 6.67. The van der Waals surface area contributed by atoms with Crippen molar-refractivity contribution in [1.29, 1.82) is 0 Å². The second-order valence-electron chi connectivity index (χ2n) is 17.6. The van der Waals surface area contributed by atoms with Gasteiger partial charge in [-0.15, -0.1) is 0 Å². The van der Waals surface area contributed by atoms with Crippen LogP contribution in [-0.2, 0) is 0 Å². The zero-order valence-electron chi connectivity index (χ0n) is 37.2. The van der Waals surface area contributed by atoms with Gasteiger partial charge < -0.3 is 14.2 Å². The Hall–Kier alpha value is -8.70. The summed E-state index contributed by atoms with van der Waals surface area (Å²) in [7, 11) is -2.72. The van der Waals surface area contributed by atoms with Crippen LogP contribution >= 0.6 is 0 Å². The average Bonchev–Trinajstić information content (AvgIpc) is 3.76. The molecule has 0 radical (unpaired) electrons. The van der Waals surface area contributed by atoms with Gasteiger partial charge in [0.25, 0.3) is 0 Å². The highest BCUT2D eigenvalue weighted by atomic mass is 28.3. The maximum absolute atomic E-state index is 6.67. The van der Waals surface area contributed by atoms with Crippen molar-refractivity contribution in [2.24, 2.45) is 0 Å². The Labute approximate surface area is 397 Å². The molecule has 1 aromatic heterocycles. The Balaban J connectivity index is 0.946. The van der Waals surface area contributed by atoms with Crippen LogP contribution in [0.5, 0.6) is 11.5 Å². The van der Waals surface area contributed by atoms with Crippen molar-refractivity contribution in [3.05, 3.63) is 267 Å². The molecule has 0 fully saturated rings. The number of nitrogens with zero attached hydrogens (tertiary/aromatic N) is 2. The molecule has 0 saturated heterocycles. The molecule has 0 unspecified atom stereocenters. The number of hydrogen-bond acceptors (Lipinski definition) is 2. The molecule has 0 aliphatic carbocycles. The quantitative estimate of drug-likeness (QED) is 0.106. The van der Waals surface area contributed by atoms with Crippen molar-refractivity contribution >= 4 is 78.5 Å². The van der Waals surface area contributed by atoms with Crippen LogP contribution in [0.1, 0.15) is 0 Å². The minimum absolute atomic E-state index is 0.849. The lowest BCUT2D eigenvalue weighted by Gasteiger charge is -2.35. The summed E-state index contributed by atoms with van der Waals surface area (Å²) in [5.41, 5.74) is 11.2. The number of fused-ring (bicyclic) bond motifs is 6. The second kappa shape index (κ2) is 16.3. The normalized spacial score (nSPS) is 11.9. The molecule has 0 atom stereocenters. The van der Waals surface area contributed by atoms with Gasteiger partial charge in [0.15, 0.2) is 19.6 Å². The van der Waals surface area contributed by atoms with Gasteiger partial charge in [-0.25, -0.2) is 0 Å². The Kier molecular flexibility index (Phi) is 9.51. The number of para-hydroxylation sites is 3. The van der Waals surface area contributed by atoms with Gasteiger partial charge in [0.05, 0.1) is 16.7 Å². The van der Waals surface area contributed by atoms with Crippen molar-refractivity contribution in [3.63, 3.8) is 0 Å². The molecule has 0 amide bonds. The highest BCUT2D eigenvalue weighted by Gasteiger charge is 2.41. The first-order valence-electron chi connectivity index (χ1n) is 23.3. The van der Waals surface area contributed by atoms with E-state index < -0.39 is 8.07 Å². The van der Waals surface area contributed by atoms with Gasteiger partial charge in [0, 0.05) is 33.4 Å². The van der Waals surface area contributed by atoms with Gasteiger partial charge in [-0.2, -0.15) is 0 Å². The summed E-state index contributed by atoms with van der Waals surface area (Å²) in [6.45, 7) is 0. The van der Waals surface area contributed by atoms with Gasteiger partial charge >= 0.3 is 0 Å². The number of hydrogen-bond donors (Lipinski definition) is 0. The molecule has 68 heavy (non-hydrogen) atoms. The van der Waals surface area contributed by atoms with Crippen LogP contribution in [0, 0.1) is 0 Å². The van der Waals surface area contributed by atoms with Crippen LogP contribution in [-0.4, -0.2) is 12.6 Å². The van der Waals surface area contributed by atoms with Crippen molar-refractivity contribution in [3.8, 4) is 39.4 Å². The predicted molar refractivity (Wildman–Crippen MR) is 288 cm³/mol. The topological polar surface area (TPSA) is 17.4 Å². The Morgan fingerprint density at radius 1 is 0.338 bits per heavy atom. The largest absolute Gasteiger partial charge is 0.453 e. The van der Waals surface area contributed by atoms with Gasteiger partial charge in [-0.3, -0.25) is 0 Å². The summed E-state index contributed by atoms with van der Waals surface area (Å²) < 4.78 is 9.07. The van der Waals surface area contributed by atoms with E-state index >= 15 is 0 Å². The molecule has 12 aromatic rings. The van der Waals surface area contributed by atoms with Crippen LogP contribution in [0.3, 0.4) is 0 Å². The summed E-state index contributed by atoms with van der Waals surface area (Å²) in [6.07, 6.45) is 0. The van der Waals surface area contributed by atoms with E-state index in [1.807, 2.05) is 0 Å². The lowest BCUT2D eigenvalue weighted by Crippen LogP contribution is -2.74. The molecule has 0 bridgehead atoms. The third-order valence-corrected chi connectivity index (χ3v) is 18.7. The van der Waals surface area contributed by atoms with Gasteiger partial charge in [-0.05, 0) is 109 Å². The number of ether oxygens (including phenoxy) is 1. The number of aromatic nitrogens is 1. The third-order valence-electron chi connectivity index (χ3n) is 13.9. The van der Waals surface area contributed by atoms with Crippen LogP contribution in [0.2, 0.25) is 0 Å². The molecular formula is C64H44N2OSi. The van der Waals surface area contributed by atoms with E-state index in [1.165, 1.54) is 58.9 Å². The fourth-order valence-corrected chi connectivity index (χ4v) is 15.6. The fourth-order valence-electron chi connectivity index (χ4n) is 10.8. The van der Waals surface area contributed by atoms with E-state index in [0.717, 1.165) is 50.9 Å². The van der Waals surface area contributed by atoms with Crippen molar-refractivity contribution in [2.75, 3.05) is 4.90 Å². The summed E-state index contributed by atoms with van der Waals surface area (Å²) in [4.78, 5) is 2.39. The molecule has 0 saturated carbocycles. The van der Waals surface area contributed by atoms with E-state index in [9.17, 15) is 0 Å². The van der Waals surface area contributed by atoms with Crippen molar-refractivity contribution in [2.45, 2.75) is 0 Å². The molecule has 1 aliphatic heterocycles. The molecule has 320 valence electrons. The first-order chi connectivity index (χ1) is 33.7. The summed E-state index contributed by atoms with van der Waals surface area (Å²) in [5, 5.41) is 10.3. The predicted octanol–water partition coefficient (Wildman–Crippen LogP) is 14.2. The minimum Gasteiger partial charge on any atom is -0.453 e. The smallest absolute Gasteiger partial charge is 0.179 e. The molecule has 3 nitrogen and oxygen atoms in total. The molecule has 4 heteroatoms. The zero-order valence-corrected chi connectivity index (χ0v) is 38.2. The fraction of sp³-hybridized carbons (Fsp3) is 0. The Morgan fingerprint density at radius 2 is 0.824 bits per heavy atom. The van der Waals surface area contributed by atoms with Gasteiger partial charge in [0.1, 0.15) is 0 Å².